The van der Waals surface area contributed by atoms with Crippen LogP contribution in [0.25, 0.3) is 5.76 Å². The summed E-state index contributed by atoms with van der Waals surface area (Å²) in [5, 5.41) is 0. The van der Waals surface area contributed by atoms with Gasteiger partial charge in [-0.1, -0.05) is 121 Å². The van der Waals surface area contributed by atoms with Crippen LogP contribution in [0.15, 0.2) is 127 Å². The van der Waals surface area contributed by atoms with Crippen LogP contribution >= 0.6 is 0 Å². The van der Waals surface area contributed by atoms with Crippen molar-refractivity contribution >= 4 is 5.76 Å². The molecule has 0 saturated carbocycles. The Morgan fingerprint density at radius 2 is 1.08 bits per heavy atom. The number of ether oxygens (including phenoxy) is 1. The second-order valence-corrected chi connectivity index (χ2v) is 9.29. The van der Waals surface area contributed by atoms with Gasteiger partial charge < -0.3 is 4.74 Å². The van der Waals surface area contributed by atoms with Gasteiger partial charge in [0, 0.05) is 18.7 Å². The Morgan fingerprint density at radius 3 is 1.57 bits per heavy atom. The first-order valence-corrected chi connectivity index (χ1v) is 12.4. The zero-order chi connectivity index (χ0) is 25.7. The summed E-state index contributed by atoms with van der Waals surface area (Å²) in [6.07, 6.45) is -4.05. The summed E-state index contributed by atoms with van der Waals surface area (Å²) >= 11 is 0. The molecular weight excluding hydrogens is 471 g/mol. The molecule has 37 heavy (non-hydrogen) atoms. The van der Waals surface area contributed by atoms with Crippen LogP contribution in [0.2, 0.25) is 0 Å². The van der Waals surface area contributed by atoms with E-state index in [2.05, 4.69) is 0 Å². The average Bonchev–Trinajstić information content (AvgIpc) is 2.93. The molecule has 0 spiro atoms. The van der Waals surface area contributed by atoms with Gasteiger partial charge in [0.05, 0.1) is 11.8 Å². The highest BCUT2D eigenvalue weighted by Crippen LogP contribution is 2.48. The predicted octanol–water partition coefficient (Wildman–Crippen LogP) is 8.05. The van der Waals surface area contributed by atoms with Gasteiger partial charge in [0.2, 0.25) is 0 Å². The van der Waals surface area contributed by atoms with Crippen molar-refractivity contribution in [2.75, 3.05) is 0 Å². The van der Waals surface area contributed by atoms with E-state index in [0.717, 1.165) is 11.1 Å². The molecule has 0 fully saturated rings. The molecule has 0 aromatic heterocycles. The van der Waals surface area contributed by atoms with Gasteiger partial charge in [0.1, 0.15) is 5.76 Å². The van der Waals surface area contributed by atoms with Crippen molar-refractivity contribution in [2.45, 2.75) is 31.4 Å². The fourth-order valence-corrected chi connectivity index (χ4v) is 4.97. The van der Waals surface area contributed by atoms with E-state index in [1.165, 1.54) is 6.08 Å². The van der Waals surface area contributed by atoms with Gasteiger partial charge in [-0.15, -0.1) is 0 Å². The third-order valence-corrected chi connectivity index (χ3v) is 6.71. The standard InChI is InChI=1S/C32H28F3NO/c33-32(34,35)28-21-29(26-17-9-3-10-18-26)37-31(30(28)27-19-11-4-12-20-27)36(22-24-13-5-1-6-14-24)23-25-15-7-2-8-16-25/h1-21,28,30-31H,22-23H2/t28-,30+,31+/m0/s1. The van der Waals surface area contributed by atoms with Crippen molar-refractivity contribution in [2.24, 2.45) is 5.92 Å². The summed E-state index contributed by atoms with van der Waals surface area (Å²) in [6, 6.07) is 37.6. The summed E-state index contributed by atoms with van der Waals surface area (Å²) in [4.78, 5) is 2.02. The lowest BCUT2D eigenvalue weighted by Gasteiger charge is -2.44. The quantitative estimate of drug-likeness (QED) is 0.255. The van der Waals surface area contributed by atoms with Crippen LogP contribution < -0.4 is 0 Å². The molecule has 5 rings (SSSR count). The molecule has 3 atom stereocenters. The number of hydrogen-bond acceptors (Lipinski definition) is 2. The number of halogens is 3. The highest BCUT2D eigenvalue weighted by atomic mass is 19.4. The molecule has 1 aliphatic heterocycles. The van der Waals surface area contributed by atoms with Gasteiger partial charge in [0.25, 0.3) is 0 Å². The minimum atomic E-state index is -4.45. The molecule has 0 amide bonds. The van der Waals surface area contributed by atoms with Crippen LogP contribution in [0.3, 0.4) is 0 Å². The molecule has 1 heterocycles. The lowest BCUT2D eigenvalue weighted by molar-refractivity contribution is -0.188. The SMILES string of the molecule is FC(F)(F)[C@H]1C=C(c2ccccc2)O[C@@H](N(Cc2ccccc2)Cc2ccccc2)[C@@H]1c1ccccc1. The van der Waals surface area contributed by atoms with Crippen LogP contribution in [0.1, 0.15) is 28.2 Å². The monoisotopic (exact) mass is 499 g/mol. The highest BCUT2D eigenvalue weighted by molar-refractivity contribution is 5.61. The van der Waals surface area contributed by atoms with Gasteiger partial charge in [-0.25, -0.2) is 0 Å². The topological polar surface area (TPSA) is 12.5 Å². The molecule has 188 valence electrons. The first kappa shape index (κ1) is 24.8. The van der Waals surface area contributed by atoms with Crippen LogP contribution in [0.5, 0.6) is 0 Å². The smallest absolute Gasteiger partial charge is 0.396 e. The molecule has 4 aromatic carbocycles. The maximum atomic E-state index is 14.7. The molecule has 0 radical (unpaired) electrons. The van der Waals surface area contributed by atoms with Crippen molar-refractivity contribution in [3.8, 4) is 0 Å². The van der Waals surface area contributed by atoms with E-state index in [9.17, 15) is 13.2 Å². The number of benzene rings is 4. The Morgan fingerprint density at radius 1 is 0.622 bits per heavy atom. The van der Waals surface area contributed by atoms with E-state index in [4.69, 9.17) is 4.74 Å². The van der Waals surface area contributed by atoms with Crippen molar-refractivity contribution in [1.29, 1.82) is 0 Å². The van der Waals surface area contributed by atoms with Crippen LogP contribution in [0, 0.1) is 5.92 Å². The van der Waals surface area contributed by atoms with E-state index in [0.29, 0.717) is 24.2 Å². The summed E-state index contributed by atoms with van der Waals surface area (Å²) in [5.74, 6) is -2.40. The second kappa shape index (κ2) is 11.1. The fraction of sp³-hybridized carbons (Fsp3) is 0.188. The third kappa shape index (κ3) is 5.95. The zero-order valence-corrected chi connectivity index (χ0v) is 20.3. The molecular formula is C32H28F3NO. The largest absolute Gasteiger partial charge is 0.474 e. The Kier molecular flexibility index (Phi) is 7.42. The molecule has 5 heteroatoms. The number of nitrogens with zero attached hydrogens (tertiary/aromatic N) is 1. The maximum Gasteiger partial charge on any atom is 0.396 e. The fourth-order valence-electron chi connectivity index (χ4n) is 4.97. The van der Waals surface area contributed by atoms with E-state index >= 15 is 0 Å². The first-order chi connectivity index (χ1) is 18.0. The lowest BCUT2D eigenvalue weighted by atomic mass is 9.80. The van der Waals surface area contributed by atoms with Crippen molar-refractivity contribution < 1.29 is 17.9 Å². The molecule has 2 nitrogen and oxygen atoms in total. The van der Waals surface area contributed by atoms with Gasteiger partial charge in [0.15, 0.2) is 6.23 Å². The highest BCUT2D eigenvalue weighted by Gasteiger charge is 2.51. The first-order valence-electron chi connectivity index (χ1n) is 12.4. The number of alkyl halides is 3. The lowest BCUT2D eigenvalue weighted by Crippen LogP contribution is -2.47. The molecule has 0 unspecified atom stereocenters. The summed E-state index contributed by atoms with van der Waals surface area (Å²) in [7, 11) is 0. The second-order valence-electron chi connectivity index (χ2n) is 9.29. The van der Waals surface area contributed by atoms with Gasteiger partial charge in [-0.3, -0.25) is 4.90 Å². The van der Waals surface area contributed by atoms with E-state index < -0.39 is 24.2 Å². The normalized spacial score (nSPS) is 19.8. The Hall–Kier alpha value is -3.83. The predicted molar refractivity (Wildman–Crippen MR) is 140 cm³/mol. The molecule has 4 aromatic rings. The zero-order valence-electron chi connectivity index (χ0n) is 20.3. The summed E-state index contributed by atoms with van der Waals surface area (Å²) < 4.78 is 50.8. The van der Waals surface area contributed by atoms with E-state index in [1.54, 1.807) is 36.4 Å². The molecule has 0 saturated heterocycles. The van der Waals surface area contributed by atoms with E-state index in [1.807, 2.05) is 89.8 Å². The van der Waals surface area contributed by atoms with Crippen LogP contribution in [0.4, 0.5) is 13.2 Å². The van der Waals surface area contributed by atoms with Crippen LogP contribution in [-0.2, 0) is 17.8 Å². The van der Waals surface area contributed by atoms with Crippen molar-refractivity contribution in [1.82, 2.24) is 4.90 Å². The molecule has 0 bridgehead atoms. The Balaban J connectivity index is 1.64. The summed E-state index contributed by atoms with van der Waals surface area (Å²) in [5.41, 5.74) is 3.25. The molecule has 1 aliphatic rings. The van der Waals surface area contributed by atoms with Crippen molar-refractivity contribution in [3.05, 3.63) is 150 Å². The van der Waals surface area contributed by atoms with Crippen molar-refractivity contribution in [3.63, 3.8) is 0 Å². The molecule has 0 N–H and O–H groups in total. The Bertz CT molecular complexity index is 1250. The van der Waals surface area contributed by atoms with Crippen LogP contribution in [-0.4, -0.2) is 17.3 Å². The Labute approximate surface area is 215 Å². The third-order valence-electron chi connectivity index (χ3n) is 6.71. The maximum absolute atomic E-state index is 14.7. The molecule has 0 aliphatic carbocycles. The summed E-state index contributed by atoms with van der Waals surface area (Å²) in [6.45, 7) is 0.882. The van der Waals surface area contributed by atoms with Gasteiger partial charge >= 0.3 is 6.18 Å². The minimum Gasteiger partial charge on any atom is -0.474 e. The van der Waals surface area contributed by atoms with Gasteiger partial charge in [-0.2, -0.15) is 13.2 Å². The van der Waals surface area contributed by atoms with E-state index in [-0.39, 0.29) is 5.76 Å². The number of allylic oxidation sites excluding steroid dienone is 1. The number of hydrogen-bond donors (Lipinski definition) is 0. The average molecular weight is 500 g/mol. The minimum absolute atomic E-state index is 0.256. The van der Waals surface area contributed by atoms with Gasteiger partial charge in [-0.05, 0) is 22.8 Å². The number of rotatable bonds is 7.